The van der Waals surface area contributed by atoms with Gasteiger partial charge in [-0.3, -0.25) is 4.98 Å². The fourth-order valence-electron chi connectivity index (χ4n) is 1.35. The van der Waals surface area contributed by atoms with E-state index in [4.69, 9.17) is 10.5 Å². The summed E-state index contributed by atoms with van der Waals surface area (Å²) >= 11 is 0. The molecule has 0 fully saturated rings. The lowest BCUT2D eigenvalue weighted by Gasteiger charge is -2.09. The van der Waals surface area contributed by atoms with Gasteiger partial charge >= 0.3 is 0 Å². The molecule has 5 heteroatoms. The molecule has 1 heterocycles. The highest BCUT2D eigenvalue weighted by atomic mass is 19.1. The van der Waals surface area contributed by atoms with E-state index in [1.165, 1.54) is 30.6 Å². The molecular formula is C12H10F2N2O. The second-order valence-electron chi connectivity index (χ2n) is 3.34. The Kier molecular flexibility index (Phi) is 3.30. The molecule has 0 aliphatic rings. The maximum atomic E-state index is 13.8. The monoisotopic (exact) mass is 236 g/mol. The van der Waals surface area contributed by atoms with Crippen molar-refractivity contribution < 1.29 is 13.5 Å². The van der Waals surface area contributed by atoms with Crippen LogP contribution < -0.4 is 10.5 Å². The van der Waals surface area contributed by atoms with E-state index in [1.807, 2.05) is 0 Å². The molecule has 2 aromatic rings. The largest absolute Gasteiger partial charge is 0.451 e. The van der Waals surface area contributed by atoms with E-state index in [9.17, 15) is 8.78 Å². The van der Waals surface area contributed by atoms with Gasteiger partial charge in [-0.05, 0) is 18.2 Å². The third-order valence-corrected chi connectivity index (χ3v) is 2.22. The van der Waals surface area contributed by atoms with Crippen molar-refractivity contribution in [1.82, 2.24) is 4.98 Å². The maximum Gasteiger partial charge on any atom is 0.198 e. The summed E-state index contributed by atoms with van der Waals surface area (Å²) in [6.07, 6.45) is 2.94. The van der Waals surface area contributed by atoms with E-state index >= 15 is 0 Å². The topological polar surface area (TPSA) is 48.1 Å². The second-order valence-corrected chi connectivity index (χ2v) is 3.34. The Morgan fingerprint density at radius 1 is 1.12 bits per heavy atom. The minimum Gasteiger partial charge on any atom is -0.451 e. The first-order valence-corrected chi connectivity index (χ1v) is 4.97. The van der Waals surface area contributed by atoms with Crippen LogP contribution in [-0.2, 0) is 6.54 Å². The fourth-order valence-corrected chi connectivity index (χ4v) is 1.35. The molecular weight excluding hydrogens is 226 g/mol. The molecule has 0 unspecified atom stereocenters. The van der Waals surface area contributed by atoms with Gasteiger partial charge in [0.25, 0.3) is 0 Å². The van der Waals surface area contributed by atoms with Crippen LogP contribution in [0.5, 0.6) is 11.5 Å². The van der Waals surface area contributed by atoms with Crippen molar-refractivity contribution in [3.8, 4) is 11.5 Å². The van der Waals surface area contributed by atoms with Crippen LogP contribution in [0.3, 0.4) is 0 Å². The zero-order valence-corrected chi connectivity index (χ0v) is 8.86. The molecule has 88 valence electrons. The number of benzene rings is 1. The lowest BCUT2D eigenvalue weighted by molar-refractivity contribution is 0.404. The minimum absolute atomic E-state index is 0.0151. The Hall–Kier alpha value is -2.01. The summed E-state index contributed by atoms with van der Waals surface area (Å²) in [6, 6.07) is 5.44. The van der Waals surface area contributed by atoms with Crippen LogP contribution in [0.1, 0.15) is 5.56 Å². The lowest BCUT2D eigenvalue weighted by Crippen LogP contribution is -2.03. The standard InChI is InChI=1S/C12H10F2N2O/c13-10-2-1-8(7-15)11(14)12(10)17-9-3-5-16-6-4-9/h1-6H,7,15H2. The van der Waals surface area contributed by atoms with Crippen molar-refractivity contribution >= 4 is 0 Å². The number of ether oxygens (including phenoxy) is 1. The summed E-state index contributed by atoms with van der Waals surface area (Å²) in [4.78, 5) is 3.78. The van der Waals surface area contributed by atoms with Crippen LogP contribution in [0.2, 0.25) is 0 Å². The van der Waals surface area contributed by atoms with E-state index < -0.39 is 17.4 Å². The number of aromatic nitrogens is 1. The van der Waals surface area contributed by atoms with Gasteiger partial charge in [0.15, 0.2) is 17.4 Å². The average molecular weight is 236 g/mol. The molecule has 3 nitrogen and oxygen atoms in total. The molecule has 0 saturated heterocycles. The summed E-state index contributed by atoms with van der Waals surface area (Å²) < 4.78 is 32.3. The molecule has 0 aliphatic carbocycles. The molecule has 17 heavy (non-hydrogen) atoms. The summed E-state index contributed by atoms with van der Waals surface area (Å²) in [5.41, 5.74) is 5.54. The average Bonchev–Trinajstić information content (AvgIpc) is 2.36. The van der Waals surface area contributed by atoms with Crippen LogP contribution in [0.4, 0.5) is 8.78 Å². The molecule has 2 rings (SSSR count). The zero-order valence-electron chi connectivity index (χ0n) is 8.86. The molecule has 2 N–H and O–H groups in total. The molecule has 0 bridgehead atoms. The number of pyridine rings is 1. The summed E-state index contributed by atoms with van der Waals surface area (Å²) in [6.45, 7) is -0.0151. The van der Waals surface area contributed by atoms with Crippen LogP contribution in [0.15, 0.2) is 36.7 Å². The van der Waals surface area contributed by atoms with Crippen LogP contribution in [0, 0.1) is 11.6 Å². The highest BCUT2D eigenvalue weighted by Crippen LogP contribution is 2.29. The first kappa shape index (κ1) is 11.5. The highest BCUT2D eigenvalue weighted by Gasteiger charge is 2.15. The predicted octanol–water partition coefficient (Wildman–Crippen LogP) is 2.61. The SMILES string of the molecule is NCc1ccc(F)c(Oc2ccncc2)c1F. The highest BCUT2D eigenvalue weighted by molar-refractivity contribution is 5.36. The molecule has 1 aromatic heterocycles. The van der Waals surface area contributed by atoms with Crippen LogP contribution >= 0.6 is 0 Å². The van der Waals surface area contributed by atoms with Crippen molar-refractivity contribution in [2.45, 2.75) is 6.54 Å². The van der Waals surface area contributed by atoms with E-state index in [1.54, 1.807) is 0 Å². The summed E-state index contributed by atoms with van der Waals surface area (Å²) in [5.74, 6) is -1.67. The quantitative estimate of drug-likeness (QED) is 0.891. The Labute approximate surface area is 96.9 Å². The number of rotatable bonds is 3. The van der Waals surface area contributed by atoms with Gasteiger partial charge in [-0.25, -0.2) is 8.78 Å². The van der Waals surface area contributed by atoms with Gasteiger partial charge in [-0.15, -0.1) is 0 Å². The summed E-state index contributed by atoms with van der Waals surface area (Å²) in [7, 11) is 0. The number of nitrogens with two attached hydrogens (primary N) is 1. The van der Waals surface area contributed by atoms with Crippen molar-refractivity contribution in [3.05, 3.63) is 53.9 Å². The smallest absolute Gasteiger partial charge is 0.198 e. The Balaban J connectivity index is 2.38. The van der Waals surface area contributed by atoms with Gasteiger partial charge in [0.1, 0.15) is 5.75 Å². The number of halogens is 2. The minimum atomic E-state index is -0.774. The molecule has 0 atom stereocenters. The zero-order chi connectivity index (χ0) is 12.3. The number of nitrogens with zero attached hydrogens (tertiary/aromatic N) is 1. The number of hydrogen-bond donors (Lipinski definition) is 1. The predicted molar refractivity (Wildman–Crippen MR) is 58.6 cm³/mol. The van der Waals surface area contributed by atoms with Crippen molar-refractivity contribution in [3.63, 3.8) is 0 Å². The molecule has 0 amide bonds. The Morgan fingerprint density at radius 2 is 1.82 bits per heavy atom. The van der Waals surface area contributed by atoms with Gasteiger partial charge in [-0.2, -0.15) is 0 Å². The maximum absolute atomic E-state index is 13.8. The van der Waals surface area contributed by atoms with Gasteiger partial charge in [-0.1, -0.05) is 6.07 Å². The van der Waals surface area contributed by atoms with E-state index in [0.29, 0.717) is 5.75 Å². The lowest BCUT2D eigenvalue weighted by atomic mass is 10.2. The molecule has 0 aliphatic heterocycles. The van der Waals surface area contributed by atoms with Crippen LogP contribution in [-0.4, -0.2) is 4.98 Å². The third kappa shape index (κ3) is 2.39. The number of hydrogen-bond acceptors (Lipinski definition) is 3. The molecule has 1 aromatic carbocycles. The van der Waals surface area contributed by atoms with Gasteiger partial charge in [0.2, 0.25) is 0 Å². The molecule has 0 radical (unpaired) electrons. The fraction of sp³-hybridized carbons (Fsp3) is 0.0833. The first-order valence-electron chi connectivity index (χ1n) is 4.97. The molecule has 0 saturated carbocycles. The van der Waals surface area contributed by atoms with Crippen molar-refractivity contribution in [2.75, 3.05) is 0 Å². The van der Waals surface area contributed by atoms with Crippen LogP contribution in [0.25, 0.3) is 0 Å². The van der Waals surface area contributed by atoms with Crippen molar-refractivity contribution in [1.29, 1.82) is 0 Å². The van der Waals surface area contributed by atoms with Crippen molar-refractivity contribution in [2.24, 2.45) is 5.73 Å². The van der Waals surface area contributed by atoms with E-state index in [0.717, 1.165) is 6.07 Å². The van der Waals surface area contributed by atoms with Gasteiger partial charge in [0, 0.05) is 24.5 Å². The normalized spacial score (nSPS) is 10.3. The Morgan fingerprint density at radius 3 is 2.47 bits per heavy atom. The first-order chi connectivity index (χ1) is 8.22. The summed E-state index contributed by atoms with van der Waals surface area (Å²) in [5, 5.41) is 0. The second kappa shape index (κ2) is 4.88. The van der Waals surface area contributed by atoms with E-state index in [2.05, 4.69) is 4.98 Å². The third-order valence-electron chi connectivity index (χ3n) is 2.22. The van der Waals surface area contributed by atoms with E-state index in [-0.39, 0.29) is 12.1 Å². The van der Waals surface area contributed by atoms with Gasteiger partial charge in [0.05, 0.1) is 0 Å². The van der Waals surface area contributed by atoms with Gasteiger partial charge < -0.3 is 10.5 Å². The Bertz CT molecular complexity index is 517. The molecule has 0 spiro atoms.